The van der Waals surface area contributed by atoms with E-state index in [2.05, 4.69) is 10.1 Å². The molecule has 2 heterocycles. The van der Waals surface area contributed by atoms with Crippen molar-refractivity contribution in [1.29, 1.82) is 0 Å². The lowest BCUT2D eigenvalue weighted by Crippen LogP contribution is -2.02. The van der Waals surface area contributed by atoms with Crippen molar-refractivity contribution >= 4 is 39.6 Å². The molecule has 0 aliphatic heterocycles. The standard InChI is InChI=1S/C13H13FIN5/c1-3-9-12(6-19(2)18-9)20-11-4-7(14)8(15)5-10(11)17-13(20)16/h4-6H,3H2,1-2H3,(H2,16,17). The number of nitrogens with two attached hydrogens (primary N) is 1. The number of imidazole rings is 1. The molecule has 0 unspecified atom stereocenters. The lowest BCUT2D eigenvalue weighted by Gasteiger charge is -2.05. The Labute approximate surface area is 128 Å². The van der Waals surface area contributed by atoms with Gasteiger partial charge >= 0.3 is 0 Å². The molecule has 0 aliphatic rings. The van der Waals surface area contributed by atoms with Crippen LogP contribution in [0.1, 0.15) is 12.6 Å². The maximum atomic E-state index is 13.8. The molecule has 0 bridgehead atoms. The molecule has 5 nitrogen and oxygen atoms in total. The first-order valence-electron chi connectivity index (χ1n) is 6.17. The van der Waals surface area contributed by atoms with Crippen LogP contribution in [0.3, 0.4) is 0 Å². The van der Waals surface area contributed by atoms with E-state index in [-0.39, 0.29) is 5.82 Å². The normalized spacial score (nSPS) is 11.4. The molecule has 20 heavy (non-hydrogen) atoms. The van der Waals surface area contributed by atoms with Crippen LogP contribution in [0, 0.1) is 9.39 Å². The van der Waals surface area contributed by atoms with Crippen LogP contribution in [0.5, 0.6) is 0 Å². The summed E-state index contributed by atoms with van der Waals surface area (Å²) in [6, 6.07) is 3.16. The van der Waals surface area contributed by atoms with Gasteiger partial charge in [-0.1, -0.05) is 6.92 Å². The fraction of sp³-hybridized carbons (Fsp3) is 0.231. The van der Waals surface area contributed by atoms with Crippen LogP contribution in [-0.2, 0) is 13.5 Å². The molecule has 0 atom stereocenters. The number of aryl methyl sites for hydroxylation is 2. The van der Waals surface area contributed by atoms with Gasteiger partial charge in [-0.15, -0.1) is 0 Å². The minimum Gasteiger partial charge on any atom is -0.369 e. The van der Waals surface area contributed by atoms with E-state index < -0.39 is 0 Å². The predicted octanol–water partition coefficient (Wildman–Crippen LogP) is 2.65. The molecule has 104 valence electrons. The second-order valence-corrected chi connectivity index (χ2v) is 5.71. The van der Waals surface area contributed by atoms with Crippen molar-refractivity contribution in [3.8, 4) is 5.69 Å². The quantitative estimate of drug-likeness (QED) is 0.690. The number of anilines is 1. The average Bonchev–Trinajstić information content (AvgIpc) is 2.89. The number of hydrogen-bond donors (Lipinski definition) is 1. The van der Waals surface area contributed by atoms with Gasteiger partial charge in [0.25, 0.3) is 0 Å². The number of nitrogen functional groups attached to an aromatic ring is 1. The Balaban J connectivity index is 2.35. The second-order valence-electron chi connectivity index (χ2n) is 4.55. The Kier molecular flexibility index (Phi) is 3.15. The van der Waals surface area contributed by atoms with Gasteiger partial charge in [0.15, 0.2) is 0 Å². The van der Waals surface area contributed by atoms with E-state index in [4.69, 9.17) is 5.73 Å². The topological polar surface area (TPSA) is 61.7 Å². The summed E-state index contributed by atoms with van der Waals surface area (Å²) >= 11 is 1.94. The van der Waals surface area contributed by atoms with Gasteiger partial charge in [0.1, 0.15) is 5.82 Å². The van der Waals surface area contributed by atoms with Crippen molar-refractivity contribution in [2.45, 2.75) is 13.3 Å². The number of halogens is 2. The van der Waals surface area contributed by atoms with Crippen LogP contribution < -0.4 is 5.73 Å². The van der Waals surface area contributed by atoms with E-state index in [0.29, 0.717) is 20.6 Å². The van der Waals surface area contributed by atoms with Crippen molar-refractivity contribution in [3.05, 3.63) is 33.4 Å². The highest BCUT2D eigenvalue weighted by atomic mass is 127. The summed E-state index contributed by atoms with van der Waals surface area (Å²) in [6.07, 6.45) is 2.63. The Hall–Kier alpha value is -1.64. The van der Waals surface area contributed by atoms with Crippen LogP contribution in [0.2, 0.25) is 0 Å². The Morgan fingerprint density at radius 2 is 2.15 bits per heavy atom. The molecule has 2 aromatic heterocycles. The summed E-state index contributed by atoms with van der Waals surface area (Å²) in [7, 11) is 1.85. The molecular weight excluding hydrogens is 372 g/mol. The third-order valence-corrected chi connectivity index (χ3v) is 4.01. The van der Waals surface area contributed by atoms with Crippen LogP contribution in [-0.4, -0.2) is 19.3 Å². The molecule has 0 spiro atoms. The van der Waals surface area contributed by atoms with E-state index >= 15 is 0 Å². The van der Waals surface area contributed by atoms with Gasteiger partial charge in [-0.2, -0.15) is 5.10 Å². The molecular formula is C13H13FIN5. The van der Waals surface area contributed by atoms with Crippen molar-refractivity contribution in [2.24, 2.45) is 7.05 Å². The van der Waals surface area contributed by atoms with E-state index in [1.165, 1.54) is 6.07 Å². The summed E-state index contributed by atoms with van der Waals surface area (Å²) in [5, 5.41) is 4.39. The van der Waals surface area contributed by atoms with Crippen molar-refractivity contribution in [3.63, 3.8) is 0 Å². The highest BCUT2D eigenvalue weighted by Gasteiger charge is 2.17. The van der Waals surface area contributed by atoms with Gasteiger partial charge in [0.05, 0.1) is 26.0 Å². The van der Waals surface area contributed by atoms with Gasteiger partial charge in [-0.3, -0.25) is 9.25 Å². The summed E-state index contributed by atoms with van der Waals surface area (Å²) in [5.74, 6) is 0.0605. The third kappa shape index (κ3) is 1.96. The van der Waals surface area contributed by atoms with Gasteiger partial charge in [-0.25, -0.2) is 9.37 Å². The number of hydrogen-bond acceptors (Lipinski definition) is 3. The van der Waals surface area contributed by atoms with Crippen LogP contribution >= 0.6 is 22.6 Å². The maximum Gasteiger partial charge on any atom is 0.206 e. The van der Waals surface area contributed by atoms with Crippen LogP contribution in [0.4, 0.5) is 10.3 Å². The summed E-state index contributed by atoms with van der Waals surface area (Å²) in [6.45, 7) is 2.02. The lowest BCUT2D eigenvalue weighted by molar-refractivity contribution is 0.622. The van der Waals surface area contributed by atoms with Crippen LogP contribution in [0.25, 0.3) is 16.7 Å². The molecule has 3 rings (SSSR count). The zero-order chi connectivity index (χ0) is 14.4. The molecule has 2 N–H and O–H groups in total. The summed E-state index contributed by atoms with van der Waals surface area (Å²) < 4.78 is 17.8. The predicted molar refractivity (Wildman–Crippen MR) is 84.3 cm³/mol. The maximum absolute atomic E-state index is 13.8. The molecule has 0 aliphatic carbocycles. The minimum atomic E-state index is -0.277. The fourth-order valence-corrected chi connectivity index (χ4v) is 2.76. The Morgan fingerprint density at radius 3 is 2.85 bits per heavy atom. The number of benzene rings is 1. The Bertz CT molecular complexity index is 805. The first-order chi connectivity index (χ1) is 9.51. The fourth-order valence-electron chi connectivity index (χ4n) is 2.31. The van der Waals surface area contributed by atoms with Crippen molar-refractivity contribution in [2.75, 3.05) is 5.73 Å². The molecule has 1 aromatic carbocycles. The smallest absolute Gasteiger partial charge is 0.206 e. The van der Waals surface area contributed by atoms with Crippen LogP contribution in [0.15, 0.2) is 18.3 Å². The van der Waals surface area contributed by atoms with Gasteiger partial charge in [-0.05, 0) is 35.1 Å². The Morgan fingerprint density at radius 1 is 1.40 bits per heavy atom. The largest absolute Gasteiger partial charge is 0.369 e. The van der Waals surface area contributed by atoms with Gasteiger partial charge < -0.3 is 5.73 Å². The number of rotatable bonds is 2. The number of fused-ring (bicyclic) bond motifs is 1. The SMILES string of the molecule is CCc1nn(C)cc1-n1c(N)nc2cc(I)c(F)cc21. The number of aromatic nitrogens is 4. The van der Waals surface area contributed by atoms with Crippen molar-refractivity contribution < 1.29 is 4.39 Å². The minimum absolute atomic E-state index is 0.277. The van der Waals surface area contributed by atoms with E-state index in [0.717, 1.165) is 17.8 Å². The van der Waals surface area contributed by atoms with Gasteiger partial charge in [0, 0.05) is 19.3 Å². The molecule has 3 aromatic rings. The number of nitrogens with zero attached hydrogens (tertiary/aromatic N) is 4. The van der Waals surface area contributed by atoms with Crippen molar-refractivity contribution in [1.82, 2.24) is 19.3 Å². The van der Waals surface area contributed by atoms with E-state index in [1.54, 1.807) is 15.3 Å². The third-order valence-electron chi connectivity index (χ3n) is 3.18. The summed E-state index contributed by atoms with van der Waals surface area (Å²) in [5.41, 5.74) is 9.09. The highest BCUT2D eigenvalue weighted by molar-refractivity contribution is 14.1. The first-order valence-corrected chi connectivity index (χ1v) is 7.25. The molecule has 0 fully saturated rings. The highest BCUT2D eigenvalue weighted by Crippen LogP contribution is 2.27. The monoisotopic (exact) mass is 385 g/mol. The van der Waals surface area contributed by atoms with E-state index in [1.807, 2.05) is 42.8 Å². The zero-order valence-corrected chi connectivity index (χ0v) is 13.2. The lowest BCUT2D eigenvalue weighted by atomic mass is 10.2. The second kappa shape index (κ2) is 4.72. The molecule has 0 amide bonds. The van der Waals surface area contributed by atoms with E-state index in [9.17, 15) is 4.39 Å². The first kappa shape index (κ1) is 13.3. The molecule has 0 saturated carbocycles. The zero-order valence-electron chi connectivity index (χ0n) is 11.1. The van der Waals surface area contributed by atoms with Gasteiger partial charge in [0.2, 0.25) is 5.95 Å². The summed E-state index contributed by atoms with van der Waals surface area (Å²) in [4.78, 5) is 4.31. The molecule has 0 radical (unpaired) electrons. The molecule has 0 saturated heterocycles. The average molecular weight is 385 g/mol. The molecule has 7 heteroatoms.